The van der Waals surface area contributed by atoms with Gasteiger partial charge < -0.3 is 4.98 Å². The summed E-state index contributed by atoms with van der Waals surface area (Å²) in [5.41, 5.74) is 5.79. The number of hydrogen-bond donors (Lipinski definition) is 1. The van der Waals surface area contributed by atoms with Crippen molar-refractivity contribution in [2.45, 2.75) is 0 Å². The third-order valence-corrected chi connectivity index (χ3v) is 4.23. The summed E-state index contributed by atoms with van der Waals surface area (Å²) in [6, 6.07) is 22.7. The van der Waals surface area contributed by atoms with E-state index in [4.69, 9.17) is 0 Å². The molecule has 122 valence electrons. The van der Waals surface area contributed by atoms with Crippen LogP contribution < -0.4 is 0 Å². The summed E-state index contributed by atoms with van der Waals surface area (Å²) in [7, 11) is 0. The molecule has 0 spiro atoms. The second-order valence-electron chi connectivity index (χ2n) is 5.68. The maximum absolute atomic E-state index is 3.83. The van der Waals surface area contributed by atoms with Crippen molar-refractivity contribution in [1.82, 2.24) is 4.98 Å². The van der Waals surface area contributed by atoms with Gasteiger partial charge in [-0.05, 0) is 22.8 Å². The van der Waals surface area contributed by atoms with E-state index >= 15 is 0 Å². The van der Waals surface area contributed by atoms with Gasteiger partial charge in [0.1, 0.15) is 0 Å². The van der Waals surface area contributed by atoms with Crippen molar-refractivity contribution in [3.8, 4) is 0 Å². The van der Waals surface area contributed by atoms with E-state index in [1.165, 1.54) is 21.8 Å². The Kier molecular flexibility index (Phi) is 4.96. The Morgan fingerprint density at radius 1 is 0.560 bits per heavy atom. The van der Waals surface area contributed by atoms with Gasteiger partial charge in [0.25, 0.3) is 0 Å². The number of benzene rings is 3. The number of aromatic amines is 1. The van der Waals surface area contributed by atoms with Crippen LogP contribution in [-0.4, -0.2) is 4.98 Å². The lowest BCUT2D eigenvalue weighted by Crippen LogP contribution is -1.76. The van der Waals surface area contributed by atoms with Gasteiger partial charge in [0.05, 0.1) is 5.52 Å². The van der Waals surface area contributed by atoms with Crippen molar-refractivity contribution in [2.24, 2.45) is 0 Å². The summed E-state index contributed by atoms with van der Waals surface area (Å²) in [4.78, 5) is 3.43. The van der Waals surface area contributed by atoms with Gasteiger partial charge in [-0.1, -0.05) is 98.6 Å². The van der Waals surface area contributed by atoms with E-state index in [2.05, 4.69) is 61.1 Å². The largest absolute Gasteiger partial charge is 0.354 e. The average molecular weight is 323 g/mol. The maximum Gasteiger partial charge on any atom is 0.0538 e. The van der Waals surface area contributed by atoms with Crippen molar-refractivity contribution in [3.05, 3.63) is 103 Å². The van der Waals surface area contributed by atoms with Crippen LogP contribution in [0.15, 0.2) is 86.5 Å². The molecule has 0 unspecified atom stereocenters. The fourth-order valence-electron chi connectivity index (χ4n) is 2.95. The second-order valence-corrected chi connectivity index (χ2v) is 5.68. The van der Waals surface area contributed by atoms with Crippen LogP contribution in [0.4, 0.5) is 0 Å². The molecule has 1 heteroatoms. The van der Waals surface area contributed by atoms with Gasteiger partial charge in [-0.3, -0.25) is 0 Å². The molecule has 1 heterocycles. The Balaban J connectivity index is 0.000000160. The summed E-state index contributed by atoms with van der Waals surface area (Å²) in [6.07, 6.45) is 5.55. The molecule has 0 aliphatic heterocycles. The minimum absolute atomic E-state index is 1.14. The molecule has 1 nitrogen and oxygen atoms in total. The van der Waals surface area contributed by atoms with Crippen molar-refractivity contribution in [2.75, 3.05) is 0 Å². The van der Waals surface area contributed by atoms with Gasteiger partial charge >= 0.3 is 0 Å². The Morgan fingerprint density at radius 2 is 1.08 bits per heavy atom. The molecule has 0 aliphatic carbocycles. The molecule has 3 aromatic carbocycles. The Morgan fingerprint density at radius 3 is 1.72 bits per heavy atom. The van der Waals surface area contributed by atoms with Crippen molar-refractivity contribution in [3.63, 3.8) is 0 Å². The highest BCUT2D eigenvalue weighted by Crippen LogP contribution is 2.27. The zero-order chi connectivity index (χ0) is 17.6. The fourth-order valence-corrected chi connectivity index (χ4v) is 2.95. The Hall–Kier alpha value is -3.32. The van der Waals surface area contributed by atoms with E-state index in [-0.39, 0.29) is 0 Å². The molecule has 0 atom stereocenters. The summed E-state index contributed by atoms with van der Waals surface area (Å²) < 4.78 is 0. The third kappa shape index (κ3) is 3.31. The van der Waals surface area contributed by atoms with Crippen molar-refractivity contribution in [1.29, 1.82) is 0 Å². The highest BCUT2D eigenvalue weighted by atomic mass is 14.7. The molecule has 0 saturated carbocycles. The van der Waals surface area contributed by atoms with Crippen LogP contribution in [-0.2, 0) is 0 Å². The van der Waals surface area contributed by atoms with Crippen LogP contribution in [0.1, 0.15) is 16.7 Å². The van der Waals surface area contributed by atoms with Gasteiger partial charge in [0, 0.05) is 16.3 Å². The molecule has 0 aliphatic rings. The molecule has 0 saturated heterocycles. The Labute approximate surface area is 148 Å². The van der Waals surface area contributed by atoms with Gasteiger partial charge in [-0.2, -0.15) is 0 Å². The lowest BCUT2D eigenvalue weighted by molar-refractivity contribution is 1.53. The second kappa shape index (κ2) is 7.50. The van der Waals surface area contributed by atoms with Crippen LogP contribution in [0, 0.1) is 0 Å². The molecule has 0 fully saturated rings. The summed E-state index contributed by atoms with van der Waals surface area (Å²) in [5, 5.41) is 2.54. The molecular formula is C24H21N. The standard InChI is InChI=1S/C14H11N.C10H10/c1-2-10-6-5-8-12-11-7-3-4-9-13(11)15-14(10)12;1-3-9-7-5-6-8-10(9)4-2/h2-9,15H,1H2;3-8H,1-2H2. The topological polar surface area (TPSA) is 15.8 Å². The van der Waals surface area contributed by atoms with E-state index in [0.29, 0.717) is 0 Å². The first-order valence-corrected chi connectivity index (χ1v) is 8.24. The number of para-hydroxylation sites is 2. The minimum atomic E-state index is 1.14. The molecule has 1 N–H and O–H groups in total. The first kappa shape index (κ1) is 16.5. The van der Waals surface area contributed by atoms with Gasteiger partial charge in [-0.15, -0.1) is 0 Å². The number of fused-ring (bicyclic) bond motifs is 3. The Bertz CT molecular complexity index is 1020. The SMILES string of the molecule is C=Cc1cccc2c1[nH]c1ccccc12.C=Cc1ccccc1C=C. The normalized spacial score (nSPS) is 10.1. The lowest BCUT2D eigenvalue weighted by atomic mass is 10.1. The molecule has 0 bridgehead atoms. The summed E-state index contributed by atoms with van der Waals surface area (Å²) in [6.45, 7) is 11.2. The van der Waals surface area contributed by atoms with E-state index in [1.807, 2.05) is 48.6 Å². The van der Waals surface area contributed by atoms with E-state index in [0.717, 1.165) is 16.7 Å². The minimum Gasteiger partial charge on any atom is -0.354 e. The summed E-state index contributed by atoms with van der Waals surface area (Å²) >= 11 is 0. The smallest absolute Gasteiger partial charge is 0.0538 e. The van der Waals surface area contributed by atoms with E-state index < -0.39 is 0 Å². The molecular weight excluding hydrogens is 302 g/mol. The zero-order valence-electron chi connectivity index (χ0n) is 14.2. The van der Waals surface area contributed by atoms with Crippen LogP contribution in [0.25, 0.3) is 40.0 Å². The van der Waals surface area contributed by atoms with Crippen LogP contribution >= 0.6 is 0 Å². The highest BCUT2D eigenvalue weighted by Gasteiger charge is 2.04. The highest BCUT2D eigenvalue weighted by molar-refractivity contribution is 6.09. The predicted molar refractivity (Wildman–Crippen MR) is 113 cm³/mol. The number of hydrogen-bond acceptors (Lipinski definition) is 0. The van der Waals surface area contributed by atoms with Crippen molar-refractivity contribution >= 4 is 40.0 Å². The third-order valence-electron chi connectivity index (χ3n) is 4.23. The molecule has 4 aromatic rings. The van der Waals surface area contributed by atoms with Crippen molar-refractivity contribution < 1.29 is 0 Å². The number of rotatable bonds is 3. The first-order valence-electron chi connectivity index (χ1n) is 8.24. The van der Waals surface area contributed by atoms with Gasteiger partial charge in [0.2, 0.25) is 0 Å². The van der Waals surface area contributed by atoms with Gasteiger partial charge in [-0.25, -0.2) is 0 Å². The molecule has 1 aromatic heterocycles. The van der Waals surface area contributed by atoms with Crippen LogP contribution in [0.3, 0.4) is 0 Å². The lowest BCUT2D eigenvalue weighted by Gasteiger charge is -1.96. The zero-order valence-corrected chi connectivity index (χ0v) is 14.2. The monoisotopic (exact) mass is 323 g/mol. The molecule has 4 rings (SSSR count). The van der Waals surface area contributed by atoms with Crippen LogP contribution in [0.5, 0.6) is 0 Å². The van der Waals surface area contributed by atoms with E-state index in [1.54, 1.807) is 0 Å². The molecule has 25 heavy (non-hydrogen) atoms. The molecule has 0 amide bonds. The molecule has 0 radical (unpaired) electrons. The summed E-state index contributed by atoms with van der Waals surface area (Å²) in [5.74, 6) is 0. The maximum atomic E-state index is 3.83. The average Bonchev–Trinajstić information content (AvgIpc) is 3.07. The quantitative estimate of drug-likeness (QED) is 0.420. The van der Waals surface area contributed by atoms with E-state index in [9.17, 15) is 0 Å². The van der Waals surface area contributed by atoms with Gasteiger partial charge in [0.15, 0.2) is 0 Å². The number of H-pyrrole nitrogens is 1. The predicted octanol–water partition coefficient (Wildman–Crippen LogP) is 6.94. The number of aromatic nitrogens is 1. The first-order chi connectivity index (χ1) is 12.3. The number of nitrogens with one attached hydrogen (secondary N) is 1. The fraction of sp³-hybridized carbons (Fsp3) is 0. The van der Waals surface area contributed by atoms with Crippen LogP contribution in [0.2, 0.25) is 0 Å².